The average molecular weight is 292 g/mol. The lowest BCUT2D eigenvalue weighted by atomic mass is 10.0. The van der Waals surface area contributed by atoms with Crippen molar-refractivity contribution in [3.05, 3.63) is 0 Å². The molecule has 0 atom stereocenters. The molecule has 0 aromatic rings. The number of carbonyl (C=O) groups is 1. The van der Waals surface area contributed by atoms with Crippen molar-refractivity contribution in [1.82, 2.24) is 0 Å². The van der Waals surface area contributed by atoms with Crippen molar-refractivity contribution in [2.24, 2.45) is 0 Å². The van der Waals surface area contributed by atoms with Crippen LogP contribution in [-0.4, -0.2) is 19.0 Å². The van der Waals surface area contributed by atoms with E-state index in [0.717, 1.165) is 26.4 Å². The monoisotopic (exact) mass is 292 g/mol. The number of unbranched alkanes of at least 4 members (excludes halogenated alkanes) is 10. The fraction of sp³-hybridized carbons (Fsp3) is 0.938. The van der Waals surface area contributed by atoms with Gasteiger partial charge < -0.3 is 4.74 Å². The van der Waals surface area contributed by atoms with E-state index in [1.807, 2.05) is 0 Å². The van der Waals surface area contributed by atoms with Gasteiger partial charge in [0.05, 0.1) is 7.11 Å². The molecule has 0 spiro atoms. The first-order chi connectivity index (χ1) is 9.54. The molecule has 0 saturated carbocycles. The van der Waals surface area contributed by atoms with E-state index >= 15 is 0 Å². The molecule has 2 nitrogen and oxygen atoms in total. The highest BCUT2D eigenvalue weighted by Crippen LogP contribution is 2.23. The molecule has 0 saturated heterocycles. The third kappa shape index (κ3) is 10.2. The van der Waals surface area contributed by atoms with Crippen LogP contribution in [0, 0.1) is 0 Å². The van der Waals surface area contributed by atoms with Gasteiger partial charge in [0.25, 0.3) is 0 Å². The summed E-state index contributed by atoms with van der Waals surface area (Å²) in [5.74, 6) is -4.72. The summed E-state index contributed by atoms with van der Waals surface area (Å²) < 4.78 is 30.3. The SMILES string of the molecule is CCCCCCCCCCCCCC(F)(F)C(=O)OC. The van der Waals surface area contributed by atoms with E-state index in [4.69, 9.17) is 0 Å². The Hall–Kier alpha value is -0.670. The van der Waals surface area contributed by atoms with E-state index in [-0.39, 0.29) is 0 Å². The van der Waals surface area contributed by atoms with Gasteiger partial charge in [-0.2, -0.15) is 8.78 Å². The van der Waals surface area contributed by atoms with Crippen LogP contribution in [0.25, 0.3) is 0 Å². The fourth-order valence-corrected chi connectivity index (χ4v) is 2.26. The van der Waals surface area contributed by atoms with Gasteiger partial charge in [-0.05, 0) is 6.42 Å². The highest BCUT2D eigenvalue weighted by atomic mass is 19.3. The Morgan fingerprint density at radius 2 is 1.25 bits per heavy atom. The van der Waals surface area contributed by atoms with E-state index in [2.05, 4.69) is 11.7 Å². The highest BCUT2D eigenvalue weighted by Gasteiger charge is 2.38. The Bertz CT molecular complexity index is 243. The summed E-state index contributed by atoms with van der Waals surface area (Å²) >= 11 is 0. The van der Waals surface area contributed by atoms with Gasteiger partial charge in [-0.3, -0.25) is 0 Å². The van der Waals surface area contributed by atoms with Crippen LogP contribution in [-0.2, 0) is 9.53 Å². The molecule has 0 aliphatic rings. The van der Waals surface area contributed by atoms with Crippen molar-refractivity contribution >= 4 is 5.97 Å². The number of esters is 1. The van der Waals surface area contributed by atoms with Crippen LogP contribution in [0.2, 0.25) is 0 Å². The van der Waals surface area contributed by atoms with Gasteiger partial charge in [0, 0.05) is 6.42 Å². The van der Waals surface area contributed by atoms with Gasteiger partial charge in [-0.25, -0.2) is 4.79 Å². The van der Waals surface area contributed by atoms with Crippen molar-refractivity contribution in [2.75, 3.05) is 7.11 Å². The first-order valence-electron chi connectivity index (χ1n) is 8.01. The first-order valence-corrected chi connectivity index (χ1v) is 8.01. The number of hydrogen-bond acceptors (Lipinski definition) is 2. The number of methoxy groups -OCH3 is 1. The molecular formula is C16H30F2O2. The Morgan fingerprint density at radius 1 is 0.850 bits per heavy atom. The summed E-state index contributed by atoms with van der Waals surface area (Å²) in [5.41, 5.74) is 0. The lowest BCUT2D eigenvalue weighted by Gasteiger charge is -2.12. The normalized spacial score (nSPS) is 11.6. The topological polar surface area (TPSA) is 26.3 Å². The zero-order chi connectivity index (χ0) is 15.3. The quantitative estimate of drug-likeness (QED) is 0.331. The number of carbonyl (C=O) groups excluding carboxylic acids is 1. The number of hydrogen-bond donors (Lipinski definition) is 0. The van der Waals surface area contributed by atoms with Crippen molar-refractivity contribution in [1.29, 1.82) is 0 Å². The number of ether oxygens (including phenoxy) is 1. The fourth-order valence-electron chi connectivity index (χ4n) is 2.26. The summed E-state index contributed by atoms with van der Waals surface area (Å²) in [6.07, 6.45) is 11.8. The summed E-state index contributed by atoms with van der Waals surface area (Å²) in [4.78, 5) is 10.8. The maximum atomic E-state index is 13.1. The molecule has 0 heterocycles. The zero-order valence-electron chi connectivity index (χ0n) is 13.1. The third-order valence-electron chi connectivity index (χ3n) is 3.58. The largest absolute Gasteiger partial charge is 0.465 e. The lowest BCUT2D eigenvalue weighted by molar-refractivity contribution is -0.169. The van der Waals surface area contributed by atoms with Crippen LogP contribution in [0.5, 0.6) is 0 Å². The molecule has 20 heavy (non-hydrogen) atoms. The number of alkyl halides is 2. The smallest absolute Gasteiger partial charge is 0.376 e. The molecule has 0 aliphatic heterocycles. The molecule has 0 amide bonds. The Balaban J connectivity index is 3.30. The van der Waals surface area contributed by atoms with Gasteiger partial charge >= 0.3 is 11.9 Å². The minimum absolute atomic E-state index is 0.387. The van der Waals surface area contributed by atoms with E-state index in [1.54, 1.807) is 0 Å². The maximum Gasteiger partial charge on any atom is 0.376 e. The molecule has 0 N–H and O–H groups in total. The molecule has 0 rings (SSSR count). The van der Waals surface area contributed by atoms with Gasteiger partial charge in [0.2, 0.25) is 0 Å². The second-order valence-electron chi connectivity index (χ2n) is 5.48. The summed E-state index contributed by atoms with van der Waals surface area (Å²) in [6.45, 7) is 2.21. The Morgan fingerprint density at radius 3 is 1.65 bits per heavy atom. The van der Waals surface area contributed by atoms with Gasteiger partial charge in [0.15, 0.2) is 0 Å². The molecule has 4 heteroatoms. The second kappa shape index (κ2) is 12.1. The van der Waals surface area contributed by atoms with Crippen molar-refractivity contribution in [3.63, 3.8) is 0 Å². The van der Waals surface area contributed by atoms with Crippen LogP contribution >= 0.6 is 0 Å². The molecule has 0 aromatic carbocycles. The van der Waals surface area contributed by atoms with E-state index < -0.39 is 18.3 Å². The molecule has 0 bridgehead atoms. The van der Waals surface area contributed by atoms with Gasteiger partial charge in [-0.15, -0.1) is 0 Å². The molecule has 0 aliphatic carbocycles. The molecular weight excluding hydrogens is 262 g/mol. The number of halogens is 2. The van der Waals surface area contributed by atoms with Crippen LogP contribution in [0.3, 0.4) is 0 Å². The highest BCUT2D eigenvalue weighted by molar-refractivity contribution is 5.77. The third-order valence-corrected chi connectivity index (χ3v) is 3.58. The van der Waals surface area contributed by atoms with E-state index in [1.165, 1.54) is 44.9 Å². The molecule has 0 aromatic heterocycles. The van der Waals surface area contributed by atoms with E-state index in [0.29, 0.717) is 6.42 Å². The van der Waals surface area contributed by atoms with Gasteiger partial charge in [-0.1, -0.05) is 71.1 Å². The Kier molecular flexibility index (Phi) is 11.7. The van der Waals surface area contributed by atoms with Crippen LogP contribution in [0.4, 0.5) is 8.78 Å². The number of rotatable bonds is 13. The summed E-state index contributed by atoms with van der Waals surface area (Å²) in [6, 6.07) is 0. The predicted octanol–water partition coefficient (Wildman–Crippen LogP) is 5.50. The van der Waals surface area contributed by atoms with Gasteiger partial charge in [0.1, 0.15) is 0 Å². The predicted molar refractivity (Wildman–Crippen MR) is 78.0 cm³/mol. The second-order valence-corrected chi connectivity index (χ2v) is 5.48. The van der Waals surface area contributed by atoms with Crippen LogP contribution in [0.1, 0.15) is 84.0 Å². The summed E-state index contributed by atoms with van der Waals surface area (Å²) in [5, 5.41) is 0. The minimum Gasteiger partial charge on any atom is -0.465 e. The molecule has 120 valence electrons. The minimum atomic E-state index is -3.31. The lowest BCUT2D eigenvalue weighted by Crippen LogP contribution is -2.29. The zero-order valence-corrected chi connectivity index (χ0v) is 13.1. The summed E-state index contributed by atoms with van der Waals surface area (Å²) in [7, 11) is 0.997. The molecule has 0 fully saturated rings. The van der Waals surface area contributed by atoms with Crippen LogP contribution in [0.15, 0.2) is 0 Å². The van der Waals surface area contributed by atoms with Crippen molar-refractivity contribution in [2.45, 2.75) is 89.9 Å². The molecule has 0 unspecified atom stereocenters. The first kappa shape index (κ1) is 19.3. The van der Waals surface area contributed by atoms with Crippen molar-refractivity contribution in [3.8, 4) is 0 Å². The molecule has 0 radical (unpaired) electrons. The maximum absolute atomic E-state index is 13.1. The standard InChI is InChI=1S/C16H30F2O2/c1-3-4-5-6-7-8-9-10-11-12-13-14-16(17,18)15(19)20-2/h3-14H2,1-2H3. The Labute approximate surface area is 122 Å². The van der Waals surface area contributed by atoms with Crippen molar-refractivity contribution < 1.29 is 18.3 Å². The van der Waals surface area contributed by atoms with Crippen LogP contribution < -0.4 is 0 Å². The average Bonchev–Trinajstić information content (AvgIpc) is 2.43. The van der Waals surface area contributed by atoms with E-state index in [9.17, 15) is 13.6 Å².